The number of para-hydroxylation sites is 1. The molecule has 3 aromatic rings. The molecule has 0 aromatic heterocycles. The van der Waals surface area contributed by atoms with E-state index in [0.29, 0.717) is 24.8 Å². The number of anilines is 2. The van der Waals surface area contributed by atoms with E-state index in [1.165, 1.54) is 22.3 Å². The normalized spacial score (nSPS) is 19.3. The predicted octanol–water partition coefficient (Wildman–Crippen LogP) is 7.01. The zero-order valence-corrected chi connectivity index (χ0v) is 20.2. The monoisotopic (exact) mass is 468 g/mol. The fourth-order valence-electron chi connectivity index (χ4n) is 5.58. The number of urea groups is 1. The molecular formula is C30H32N2O3. The molecule has 5 heteroatoms. The van der Waals surface area contributed by atoms with Crippen LogP contribution in [0.4, 0.5) is 16.2 Å². The standard InChI is InChI=1S/C30H32N2O3/c1-20-4-2-3-5-27(20)31-30(35)32-17-16-26-19-25(14-15-28(26)32)24-12-10-23(11-13-24)22-8-6-21(7-9-22)18-29(33)34/h2-5,10-15,19,21-22H,6-9,16-18H2,1H3,(H,31,35)(H,33,34). The van der Waals surface area contributed by atoms with Gasteiger partial charge in [0.05, 0.1) is 0 Å². The number of carboxylic acids is 1. The van der Waals surface area contributed by atoms with E-state index in [4.69, 9.17) is 5.11 Å². The van der Waals surface area contributed by atoms with E-state index in [2.05, 4.69) is 47.8 Å². The third kappa shape index (κ3) is 5.09. The second-order valence-electron chi connectivity index (χ2n) is 9.93. The van der Waals surface area contributed by atoms with Crippen LogP contribution in [-0.4, -0.2) is 23.7 Å². The summed E-state index contributed by atoms with van der Waals surface area (Å²) in [4.78, 5) is 25.7. The van der Waals surface area contributed by atoms with Gasteiger partial charge in [0.25, 0.3) is 0 Å². The molecule has 35 heavy (non-hydrogen) atoms. The summed E-state index contributed by atoms with van der Waals surface area (Å²) in [5.41, 5.74) is 7.77. The summed E-state index contributed by atoms with van der Waals surface area (Å²) in [6, 6.07) is 23.0. The van der Waals surface area contributed by atoms with E-state index in [1.54, 1.807) is 0 Å². The highest BCUT2D eigenvalue weighted by atomic mass is 16.4. The molecule has 0 radical (unpaired) electrons. The molecule has 2 N–H and O–H groups in total. The third-order valence-electron chi connectivity index (χ3n) is 7.63. The number of aryl methyl sites for hydroxylation is 1. The molecule has 3 aromatic carbocycles. The van der Waals surface area contributed by atoms with Gasteiger partial charge in [-0.2, -0.15) is 0 Å². The summed E-state index contributed by atoms with van der Waals surface area (Å²) in [6.07, 6.45) is 5.28. The summed E-state index contributed by atoms with van der Waals surface area (Å²) in [5, 5.41) is 12.1. The topological polar surface area (TPSA) is 69.6 Å². The third-order valence-corrected chi connectivity index (χ3v) is 7.63. The van der Waals surface area contributed by atoms with Crippen molar-refractivity contribution in [1.82, 2.24) is 0 Å². The Balaban J connectivity index is 1.25. The van der Waals surface area contributed by atoms with Crippen LogP contribution in [0.3, 0.4) is 0 Å². The summed E-state index contributed by atoms with van der Waals surface area (Å²) in [7, 11) is 0. The Kier molecular flexibility index (Phi) is 6.58. The number of hydrogen-bond donors (Lipinski definition) is 2. The molecule has 180 valence electrons. The number of carboxylic acid groups (broad SMARTS) is 1. The second kappa shape index (κ2) is 9.95. The van der Waals surface area contributed by atoms with Crippen molar-refractivity contribution in [2.75, 3.05) is 16.8 Å². The van der Waals surface area contributed by atoms with Gasteiger partial charge in [-0.1, -0.05) is 48.5 Å². The zero-order chi connectivity index (χ0) is 24.4. The van der Waals surface area contributed by atoms with E-state index in [9.17, 15) is 9.59 Å². The van der Waals surface area contributed by atoms with Crippen molar-refractivity contribution in [1.29, 1.82) is 0 Å². The van der Waals surface area contributed by atoms with Gasteiger partial charge in [-0.25, -0.2) is 4.79 Å². The van der Waals surface area contributed by atoms with Crippen molar-refractivity contribution in [3.8, 4) is 11.1 Å². The van der Waals surface area contributed by atoms with Gasteiger partial charge < -0.3 is 10.4 Å². The van der Waals surface area contributed by atoms with E-state index in [0.717, 1.165) is 49.0 Å². The Morgan fingerprint density at radius 2 is 1.66 bits per heavy atom. The maximum Gasteiger partial charge on any atom is 0.326 e. The van der Waals surface area contributed by atoms with Crippen LogP contribution in [0.1, 0.15) is 54.7 Å². The number of amides is 2. The lowest BCUT2D eigenvalue weighted by molar-refractivity contribution is -0.138. The molecule has 0 spiro atoms. The Morgan fingerprint density at radius 3 is 2.37 bits per heavy atom. The average molecular weight is 469 g/mol. The van der Waals surface area contributed by atoms with E-state index >= 15 is 0 Å². The van der Waals surface area contributed by atoms with Crippen molar-refractivity contribution in [3.05, 3.63) is 83.4 Å². The van der Waals surface area contributed by atoms with Crippen LogP contribution in [0.25, 0.3) is 11.1 Å². The van der Waals surface area contributed by atoms with Crippen molar-refractivity contribution >= 4 is 23.4 Å². The van der Waals surface area contributed by atoms with Gasteiger partial charge in [0.1, 0.15) is 0 Å². The Labute approximate surface area is 206 Å². The molecule has 0 atom stereocenters. The largest absolute Gasteiger partial charge is 0.481 e. The lowest BCUT2D eigenvalue weighted by atomic mass is 9.77. The van der Waals surface area contributed by atoms with Crippen LogP contribution in [0.5, 0.6) is 0 Å². The zero-order valence-electron chi connectivity index (χ0n) is 20.2. The van der Waals surface area contributed by atoms with Crippen LogP contribution >= 0.6 is 0 Å². The summed E-state index contributed by atoms with van der Waals surface area (Å²) in [5.74, 6) is 0.171. The first kappa shape index (κ1) is 23.2. The number of benzene rings is 3. The van der Waals surface area contributed by atoms with Crippen LogP contribution in [0.15, 0.2) is 66.7 Å². The van der Waals surface area contributed by atoms with Crippen LogP contribution < -0.4 is 10.2 Å². The van der Waals surface area contributed by atoms with Crippen molar-refractivity contribution < 1.29 is 14.7 Å². The molecular weight excluding hydrogens is 436 g/mol. The molecule has 1 fully saturated rings. The molecule has 0 unspecified atom stereocenters. The Morgan fingerprint density at radius 1 is 0.943 bits per heavy atom. The van der Waals surface area contributed by atoms with Gasteiger partial charge in [0.15, 0.2) is 0 Å². The quantitative estimate of drug-likeness (QED) is 0.423. The van der Waals surface area contributed by atoms with Gasteiger partial charge in [-0.15, -0.1) is 0 Å². The summed E-state index contributed by atoms with van der Waals surface area (Å²) in [6.45, 7) is 2.68. The number of nitrogens with zero attached hydrogens (tertiary/aromatic N) is 1. The lowest BCUT2D eigenvalue weighted by Gasteiger charge is -2.28. The van der Waals surface area contributed by atoms with Crippen molar-refractivity contribution in [3.63, 3.8) is 0 Å². The lowest BCUT2D eigenvalue weighted by Crippen LogP contribution is -2.33. The number of hydrogen-bond acceptors (Lipinski definition) is 2. The molecule has 0 saturated heterocycles. The molecule has 5 nitrogen and oxygen atoms in total. The number of nitrogens with one attached hydrogen (secondary N) is 1. The smallest absolute Gasteiger partial charge is 0.326 e. The minimum absolute atomic E-state index is 0.0896. The minimum Gasteiger partial charge on any atom is -0.481 e. The molecule has 1 saturated carbocycles. The number of rotatable bonds is 5. The molecule has 1 aliphatic carbocycles. The number of carbonyl (C=O) groups excluding carboxylic acids is 1. The molecule has 1 aliphatic heterocycles. The van der Waals surface area contributed by atoms with Gasteiger partial charge >= 0.3 is 12.0 Å². The van der Waals surface area contributed by atoms with Gasteiger partial charge in [0.2, 0.25) is 0 Å². The fourth-order valence-corrected chi connectivity index (χ4v) is 5.58. The number of aliphatic carboxylic acids is 1. The maximum atomic E-state index is 12.9. The molecule has 2 amide bonds. The van der Waals surface area contributed by atoms with Gasteiger partial charge in [0, 0.05) is 24.3 Å². The highest BCUT2D eigenvalue weighted by Gasteiger charge is 2.26. The van der Waals surface area contributed by atoms with E-state index in [-0.39, 0.29) is 6.03 Å². The first-order valence-electron chi connectivity index (χ1n) is 12.6. The first-order chi connectivity index (χ1) is 17.0. The highest BCUT2D eigenvalue weighted by molar-refractivity contribution is 6.03. The highest BCUT2D eigenvalue weighted by Crippen LogP contribution is 2.38. The van der Waals surface area contributed by atoms with Crippen LogP contribution in [-0.2, 0) is 11.2 Å². The second-order valence-corrected chi connectivity index (χ2v) is 9.93. The molecule has 2 aliphatic rings. The van der Waals surface area contributed by atoms with Crippen LogP contribution in [0.2, 0.25) is 0 Å². The van der Waals surface area contributed by atoms with Gasteiger partial charge in [-0.3, -0.25) is 9.69 Å². The average Bonchev–Trinajstić information content (AvgIpc) is 3.29. The molecule has 5 rings (SSSR count). The Hall–Kier alpha value is -3.60. The maximum absolute atomic E-state index is 12.9. The summed E-state index contributed by atoms with van der Waals surface area (Å²) >= 11 is 0. The van der Waals surface area contributed by atoms with Crippen molar-refractivity contribution in [2.45, 2.75) is 51.4 Å². The number of fused-ring (bicyclic) bond motifs is 1. The number of carbonyl (C=O) groups is 2. The minimum atomic E-state index is -0.679. The van der Waals surface area contributed by atoms with Crippen molar-refractivity contribution in [2.24, 2.45) is 5.92 Å². The van der Waals surface area contributed by atoms with E-state index < -0.39 is 5.97 Å². The molecule has 1 heterocycles. The SMILES string of the molecule is Cc1ccccc1NC(=O)N1CCc2cc(-c3ccc(C4CCC(CC(=O)O)CC4)cc3)ccc21. The first-order valence-corrected chi connectivity index (χ1v) is 12.6. The predicted molar refractivity (Wildman–Crippen MR) is 140 cm³/mol. The van der Waals surface area contributed by atoms with Crippen LogP contribution in [0, 0.1) is 12.8 Å². The molecule has 0 bridgehead atoms. The fraction of sp³-hybridized carbons (Fsp3) is 0.333. The Bertz CT molecular complexity index is 1230. The summed E-state index contributed by atoms with van der Waals surface area (Å²) < 4.78 is 0. The van der Waals surface area contributed by atoms with Gasteiger partial charge in [-0.05, 0) is 96.9 Å². The van der Waals surface area contributed by atoms with E-state index in [1.807, 2.05) is 36.1 Å².